The topological polar surface area (TPSA) is 39.2 Å². The maximum Gasteiger partial charge on any atom is 0.309 e. The molecule has 0 radical (unpaired) electrons. The van der Waals surface area contributed by atoms with Gasteiger partial charge < -0.3 is 4.74 Å². The highest BCUT2D eigenvalue weighted by Crippen LogP contribution is 2.62. The van der Waals surface area contributed by atoms with Gasteiger partial charge in [-0.3, -0.25) is 9.78 Å². The van der Waals surface area contributed by atoms with Crippen molar-refractivity contribution >= 4 is 16.9 Å². The van der Waals surface area contributed by atoms with E-state index >= 15 is 0 Å². The number of rotatable bonds is 3. The molecule has 0 saturated heterocycles. The molecule has 1 heterocycles. The Bertz CT molecular complexity index is 733. The van der Waals surface area contributed by atoms with E-state index in [2.05, 4.69) is 4.98 Å². The number of ether oxygens (including phenoxy) is 1. The third-order valence-corrected chi connectivity index (χ3v) is 5.18. The van der Waals surface area contributed by atoms with E-state index in [0.717, 1.165) is 23.7 Å². The van der Waals surface area contributed by atoms with Gasteiger partial charge in [-0.05, 0) is 67.3 Å². The molecule has 0 aliphatic heterocycles. The predicted octanol–water partition coefficient (Wildman–Crippen LogP) is 3.68. The van der Waals surface area contributed by atoms with Crippen molar-refractivity contribution in [2.24, 2.45) is 17.8 Å². The van der Waals surface area contributed by atoms with E-state index in [-0.39, 0.29) is 17.7 Å². The molecule has 4 heteroatoms. The van der Waals surface area contributed by atoms with Crippen LogP contribution in [0.4, 0.5) is 4.39 Å². The maximum atomic E-state index is 13.6. The number of esters is 1. The minimum atomic E-state index is -0.227. The van der Waals surface area contributed by atoms with Gasteiger partial charge in [-0.15, -0.1) is 0 Å². The van der Waals surface area contributed by atoms with Gasteiger partial charge in [0.05, 0.1) is 18.0 Å². The molecule has 114 valence electrons. The third kappa shape index (κ3) is 2.09. The van der Waals surface area contributed by atoms with Gasteiger partial charge in [0, 0.05) is 11.6 Å². The number of halogens is 1. The van der Waals surface area contributed by atoms with Crippen molar-refractivity contribution in [3.05, 3.63) is 41.8 Å². The summed E-state index contributed by atoms with van der Waals surface area (Å²) in [6, 6.07) is 6.74. The molecule has 2 aliphatic carbocycles. The Labute approximate surface area is 128 Å². The fraction of sp³-hybridized carbons (Fsp3) is 0.444. The van der Waals surface area contributed by atoms with Crippen LogP contribution in [0, 0.1) is 23.6 Å². The van der Waals surface area contributed by atoms with Crippen LogP contribution >= 0.6 is 0 Å². The lowest BCUT2D eigenvalue weighted by molar-refractivity contribution is -0.145. The zero-order valence-corrected chi connectivity index (χ0v) is 12.5. The standard InChI is InChI=1S/C18H18FNO2/c1-2-22-18(21)17-14-7-10(8-15(14)17)12-5-6-20-16-4-3-11(19)9-13(12)16/h3-6,9-10,14-15,17H,2,7-8H2,1H3/t10?,14-,15+,17?. The lowest BCUT2D eigenvalue weighted by atomic mass is 9.90. The van der Waals surface area contributed by atoms with E-state index in [9.17, 15) is 9.18 Å². The van der Waals surface area contributed by atoms with Crippen molar-refractivity contribution in [2.45, 2.75) is 25.7 Å². The minimum Gasteiger partial charge on any atom is -0.466 e. The molecule has 0 bridgehead atoms. The van der Waals surface area contributed by atoms with Gasteiger partial charge in [0.1, 0.15) is 5.82 Å². The Morgan fingerprint density at radius 1 is 1.32 bits per heavy atom. The summed E-state index contributed by atoms with van der Waals surface area (Å²) in [5.41, 5.74) is 2.00. The lowest BCUT2D eigenvalue weighted by Gasteiger charge is -2.16. The smallest absolute Gasteiger partial charge is 0.309 e. The number of fused-ring (bicyclic) bond motifs is 2. The molecule has 2 aromatic rings. The lowest BCUT2D eigenvalue weighted by Crippen LogP contribution is -2.12. The van der Waals surface area contributed by atoms with Crippen LogP contribution in [0.3, 0.4) is 0 Å². The fourth-order valence-corrected chi connectivity index (χ4v) is 4.18. The number of pyridine rings is 1. The SMILES string of the molecule is CCOC(=O)C1[C@H]2CC(c3ccnc4ccc(F)cc34)C[C@@H]12. The summed E-state index contributed by atoms with van der Waals surface area (Å²) >= 11 is 0. The molecule has 2 fully saturated rings. The zero-order chi connectivity index (χ0) is 15.3. The predicted molar refractivity (Wildman–Crippen MR) is 80.8 cm³/mol. The molecule has 0 N–H and O–H groups in total. The second-order valence-electron chi connectivity index (χ2n) is 6.34. The summed E-state index contributed by atoms with van der Waals surface area (Å²) in [5.74, 6) is 1.12. The second-order valence-corrected chi connectivity index (χ2v) is 6.34. The molecule has 0 spiro atoms. The summed E-state index contributed by atoms with van der Waals surface area (Å²) in [7, 11) is 0. The van der Waals surface area contributed by atoms with Gasteiger partial charge in [0.25, 0.3) is 0 Å². The Balaban J connectivity index is 1.57. The first-order valence-corrected chi connectivity index (χ1v) is 7.90. The van der Waals surface area contributed by atoms with Crippen LogP contribution in [0.2, 0.25) is 0 Å². The van der Waals surface area contributed by atoms with Gasteiger partial charge in [0.2, 0.25) is 0 Å². The molecule has 4 rings (SSSR count). The van der Waals surface area contributed by atoms with Crippen LogP contribution in [0.1, 0.15) is 31.2 Å². The summed E-state index contributed by atoms with van der Waals surface area (Å²) in [6.45, 7) is 2.29. The maximum absolute atomic E-state index is 13.6. The Morgan fingerprint density at radius 3 is 2.82 bits per heavy atom. The van der Waals surface area contributed by atoms with Crippen LogP contribution in [-0.2, 0) is 9.53 Å². The molecule has 2 aliphatic rings. The fourth-order valence-electron chi connectivity index (χ4n) is 4.18. The quantitative estimate of drug-likeness (QED) is 0.812. The Kier molecular flexibility index (Phi) is 3.13. The zero-order valence-electron chi connectivity index (χ0n) is 12.5. The summed E-state index contributed by atoms with van der Waals surface area (Å²) in [4.78, 5) is 16.1. The summed E-state index contributed by atoms with van der Waals surface area (Å²) < 4.78 is 18.7. The van der Waals surface area contributed by atoms with Crippen LogP contribution < -0.4 is 0 Å². The highest BCUT2D eigenvalue weighted by atomic mass is 19.1. The van der Waals surface area contributed by atoms with E-state index in [1.54, 1.807) is 18.3 Å². The molecule has 2 unspecified atom stereocenters. The normalized spacial score (nSPS) is 29.4. The van der Waals surface area contributed by atoms with E-state index < -0.39 is 0 Å². The summed E-state index contributed by atoms with van der Waals surface area (Å²) in [6.07, 6.45) is 3.77. The third-order valence-electron chi connectivity index (χ3n) is 5.18. The monoisotopic (exact) mass is 299 g/mol. The molecular formula is C18H18FNO2. The molecule has 3 nitrogen and oxygen atoms in total. The second kappa shape index (κ2) is 5.04. The van der Waals surface area contributed by atoms with Gasteiger partial charge in [-0.2, -0.15) is 0 Å². The van der Waals surface area contributed by atoms with E-state index in [4.69, 9.17) is 4.74 Å². The molecule has 1 aromatic heterocycles. The molecular weight excluding hydrogens is 281 g/mol. The molecule has 1 aromatic carbocycles. The van der Waals surface area contributed by atoms with Gasteiger partial charge in [-0.25, -0.2) is 4.39 Å². The number of hydrogen-bond donors (Lipinski definition) is 0. The molecule has 2 saturated carbocycles. The average Bonchev–Trinajstić information content (AvgIpc) is 3.02. The number of carbonyl (C=O) groups excluding carboxylic acids is 1. The largest absolute Gasteiger partial charge is 0.466 e. The Morgan fingerprint density at radius 2 is 2.09 bits per heavy atom. The van der Waals surface area contributed by atoms with Crippen LogP contribution in [-0.4, -0.2) is 17.6 Å². The van der Waals surface area contributed by atoms with E-state index in [0.29, 0.717) is 24.4 Å². The van der Waals surface area contributed by atoms with Crippen molar-refractivity contribution in [1.82, 2.24) is 4.98 Å². The van der Waals surface area contributed by atoms with E-state index in [1.807, 2.05) is 13.0 Å². The number of benzene rings is 1. The van der Waals surface area contributed by atoms with Crippen molar-refractivity contribution in [2.75, 3.05) is 6.61 Å². The number of aromatic nitrogens is 1. The van der Waals surface area contributed by atoms with Crippen molar-refractivity contribution in [3.63, 3.8) is 0 Å². The van der Waals surface area contributed by atoms with Crippen molar-refractivity contribution in [1.29, 1.82) is 0 Å². The highest BCUT2D eigenvalue weighted by molar-refractivity contribution is 5.83. The van der Waals surface area contributed by atoms with Crippen LogP contribution in [0.25, 0.3) is 10.9 Å². The molecule has 4 atom stereocenters. The number of carbonyl (C=O) groups is 1. The van der Waals surface area contributed by atoms with Crippen LogP contribution in [0.15, 0.2) is 30.5 Å². The minimum absolute atomic E-state index is 0.0402. The summed E-state index contributed by atoms with van der Waals surface area (Å²) in [5, 5.41) is 0.904. The first kappa shape index (κ1) is 13.7. The molecule has 22 heavy (non-hydrogen) atoms. The average molecular weight is 299 g/mol. The van der Waals surface area contributed by atoms with Crippen molar-refractivity contribution < 1.29 is 13.9 Å². The number of hydrogen-bond acceptors (Lipinski definition) is 3. The highest BCUT2D eigenvalue weighted by Gasteiger charge is 2.60. The number of nitrogens with zero attached hydrogens (tertiary/aromatic N) is 1. The van der Waals surface area contributed by atoms with Gasteiger partial charge in [0.15, 0.2) is 0 Å². The first-order valence-electron chi connectivity index (χ1n) is 7.90. The first-order chi connectivity index (χ1) is 10.7. The van der Waals surface area contributed by atoms with Gasteiger partial charge in [-0.1, -0.05) is 0 Å². The Hall–Kier alpha value is -1.97. The van der Waals surface area contributed by atoms with Gasteiger partial charge >= 0.3 is 5.97 Å². The van der Waals surface area contributed by atoms with E-state index in [1.165, 1.54) is 11.6 Å². The van der Waals surface area contributed by atoms with Crippen molar-refractivity contribution in [3.8, 4) is 0 Å². The molecule has 0 amide bonds. The van der Waals surface area contributed by atoms with Crippen LogP contribution in [0.5, 0.6) is 0 Å².